The lowest BCUT2D eigenvalue weighted by atomic mass is 10.2. The summed E-state index contributed by atoms with van der Waals surface area (Å²) in [6.45, 7) is 3.04. The van der Waals surface area contributed by atoms with Crippen molar-refractivity contribution in [1.82, 2.24) is 0 Å². The predicted molar refractivity (Wildman–Crippen MR) is 38.1 cm³/mol. The van der Waals surface area contributed by atoms with Gasteiger partial charge in [-0.2, -0.15) is 0 Å². The maximum absolute atomic E-state index is 12.8. The van der Waals surface area contributed by atoms with E-state index in [0.717, 1.165) is 14.2 Å². The predicted octanol–water partition coefficient (Wildman–Crippen LogP) is 0.227. The minimum absolute atomic E-state index is 0.565. The lowest BCUT2D eigenvalue weighted by Gasteiger charge is -2.06. The molecule has 0 N–H and O–H groups in total. The number of halogens is 1. The van der Waals surface area contributed by atoms with E-state index in [9.17, 15) is 14.0 Å². The molecule has 12 heavy (non-hydrogen) atoms. The van der Waals surface area contributed by atoms with Gasteiger partial charge in [0.1, 0.15) is 0 Å². The van der Waals surface area contributed by atoms with E-state index >= 15 is 0 Å². The molecule has 0 aliphatic carbocycles. The van der Waals surface area contributed by atoms with Crippen molar-refractivity contribution in [1.29, 1.82) is 0 Å². The third kappa shape index (κ3) is 2.34. The average Bonchev–Trinajstić information content (AvgIpc) is 2.12. The van der Waals surface area contributed by atoms with Crippen LogP contribution < -0.4 is 0 Å². The molecule has 0 aliphatic rings. The second-order valence-electron chi connectivity index (χ2n) is 1.90. The smallest absolute Gasteiger partial charge is 0.345 e. The zero-order valence-electron chi connectivity index (χ0n) is 6.80. The summed E-state index contributed by atoms with van der Waals surface area (Å²) in [5.74, 6) is -2.13. The summed E-state index contributed by atoms with van der Waals surface area (Å²) in [5, 5.41) is 0. The summed E-state index contributed by atoms with van der Waals surface area (Å²) in [6, 6.07) is 0. The number of hydrogen-bond donors (Lipinski definition) is 0. The highest BCUT2D eigenvalue weighted by Crippen LogP contribution is 2.07. The Morgan fingerprint density at radius 2 is 1.83 bits per heavy atom. The molecule has 0 amide bonds. The number of esters is 2. The Morgan fingerprint density at radius 3 is 2.17 bits per heavy atom. The zero-order chi connectivity index (χ0) is 9.72. The van der Waals surface area contributed by atoms with Crippen LogP contribution in [0.3, 0.4) is 0 Å². The van der Waals surface area contributed by atoms with Gasteiger partial charge in [0, 0.05) is 0 Å². The van der Waals surface area contributed by atoms with Crippen LogP contribution in [0.15, 0.2) is 12.2 Å². The maximum atomic E-state index is 12.8. The second-order valence-corrected chi connectivity index (χ2v) is 1.90. The normalized spacial score (nSPS) is 11.6. The fourth-order valence-corrected chi connectivity index (χ4v) is 0.480. The number of alkyl halides is 1. The van der Waals surface area contributed by atoms with E-state index in [2.05, 4.69) is 16.1 Å². The van der Waals surface area contributed by atoms with Gasteiger partial charge in [0.25, 0.3) is 0 Å². The lowest BCUT2D eigenvalue weighted by Crippen LogP contribution is -2.24. The highest BCUT2D eigenvalue weighted by Gasteiger charge is 2.26. The van der Waals surface area contributed by atoms with E-state index in [4.69, 9.17) is 0 Å². The van der Waals surface area contributed by atoms with Crippen LogP contribution in [0, 0.1) is 0 Å². The van der Waals surface area contributed by atoms with E-state index in [1.165, 1.54) is 0 Å². The van der Waals surface area contributed by atoms with Crippen LogP contribution in [0.4, 0.5) is 4.39 Å². The number of rotatable bonds is 3. The molecule has 0 aliphatic heterocycles. The number of carbonyl (C=O) groups excluding carboxylic acids is 2. The standard InChI is InChI=1S/C7H9FO4/c1-4(6(9)11-2)5(8)7(10)12-3/h5H,1H2,2-3H3. The minimum Gasteiger partial charge on any atom is -0.467 e. The van der Waals surface area contributed by atoms with Gasteiger partial charge in [-0.1, -0.05) is 6.58 Å². The molecule has 4 nitrogen and oxygen atoms in total. The van der Waals surface area contributed by atoms with Gasteiger partial charge < -0.3 is 9.47 Å². The number of carbonyl (C=O) groups is 2. The first-order chi connectivity index (χ1) is 5.54. The highest BCUT2D eigenvalue weighted by atomic mass is 19.1. The summed E-state index contributed by atoms with van der Waals surface area (Å²) in [4.78, 5) is 21.1. The Labute approximate surface area is 69.0 Å². The Morgan fingerprint density at radius 1 is 1.33 bits per heavy atom. The van der Waals surface area contributed by atoms with Crippen molar-refractivity contribution in [2.24, 2.45) is 0 Å². The number of ether oxygens (including phenoxy) is 2. The summed E-state index contributed by atoms with van der Waals surface area (Å²) >= 11 is 0. The number of methoxy groups -OCH3 is 2. The average molecular weight is 176 g/mol. The first kappa shape index (κ1) is 10.6. The van der Waals surface area contributed by atoms with Gasteiger partial charge >= 0.3 is 11.9 Å². The molecule has 5 heteroatoms. The molecule has 68 valence electrons. The molecule has 1 atom stereocenters. The second kappa shape index (κ2) is 4.48. The SMILES string of the molecule is C=C(C(=O)OC)C(F)C(=O)OC. The Kier molecular flexibility index (Phi) is 3.96. The van der Waals surface area contributed by atoms with Crippen molar-refractivity contribution in [2.45, 2.75) is 6.17 Å². The summed E-state index contributed by atoms with van der Waals surface area (Å²) < 4.78 is 20.9. The highest BCUT2D eigenvalue weighted by molar-refractivity contribution is 5.96. The molecule has 0 radical (unpaired) electrons. The van der Waals surface area contributed by atoms with Gasteiger partial charge in [0.05, 0.1) is 19.8 Å². The monoisotopic (exact) mass is 176 g/mol. The summed E-state index contributed by atoms with van der Waals surface area (Å²) in [5.41, 5.74) is -0.565. The maximum Gasteiger partial charge on any atom is 0.345 e. The van der Waals surface area contributed by atoms with Gasteiger partial charge in [-0.15, -0.1) is 0 Å². The molecular formula is C7H9FO4. The molecule has 0 saturated heterocycles. The molecule has 0 aromatic carbocycles. The van der Waals surface area contributed by atoms with Crippen LogP contribution in [0.5, 0.6) is 0 Å². The van der Waals surface area contributed by atoms with Crippen LogP contribution >= 0.6 is 0 Å². The third-order valence-corrected chi connectivity index (χ3v) is 1.16. The molecule has 1 unspecified atom stereocenters. The van der Waals surface area contributed by atoms with E-state index in [-0.39, 0.29) is 0 Å². The van der Waals surface area contributed by atoms with Crippen LogP contribution in [-0.4, -0.2) is 32.3 Å². The Balaban J connectivity index is 4.29. The van der Waals surface area contributed by atoms with Gasteiger partial charge in [-0.05, 0) is 0 Å². The summed E-state index contributed by atoms with van der Waals surface area (Å²) in [7, 11) is 2.08. The number of hydrogen-bond acceptors (Lipinski definition) is 4. The molecular weight excluding hydrogens is 167 g/mol. The first-order valence-electron chi connectivity index (χ1n) is 3.03. The van der Waals surface area contributed by atoms with Crippen molar-refractivity contribution >= 4 is 11.9 Å². The fraction of sp³-hybridized carbons (Fsp3) is 0.429. The molecule has 0 rings (SSSR count). The zero-order valence-corrected chi connectivity index (χ0v) is 6.80. The quantitative estimate of drug-likeness (QED) is 0.456. The first-order valence-corrected chi connectivity index (χ1v) is 3.03. The van der Waals surface area contributed by atoms with Crippen molar-refractivity contribution in [2.75, 3.05) is 14.2 Å². The largest absolute Gasteiger partial charge is 0.467 e. The Bertz CT molecular complexity index is 211. The van der Waals surface area contributed by atoms with Crippen molar-refractivity contribution in [3.05, 3.63) is 12.2 Å². The fourth-order valence-electron chi connectivity index (χ4n) is 0.480. The van der Waals surface area contributed by atoms with Crippen LogP contribution in [-0.2, 0) is 19.1 Å². The minimum atomic E-state index is -2.15. The van der Waals surface area contributed by atoms with E-state index < -0.39 is 23.7 Å². The molecule has 0 saturated carbocycles. The van der Waals surface area contributed by atoms with Crippen LogP contribution in [0.1, 0.15) is 0 Å². The van der Waals surface area contributed by atoms with Gasteiger partial charge in [-0.25, -0.2) is 14.0 Å². The molecule has 0 heterocycles. The molecule has 0 bridgehead atoms. The summed E-state index contributed by atoms with van der Waals surface area (Å²) in [6.07, 6.45) is -2.15. The van der Waals surface area contributed by atoms with Crippen LogP contribution in [0.25, 0.3) is 0 Å². The van der Waals surface area contributed by atoms with E-state index in [0.29, 0.717) is 0 Å². The van der Waals surface area contributed by atoms with Gasteiger partial charge in [-0.3, -0.25) is 0 Å². The van der Waals surface area contributed by atoms with E-state index in [1.807, 2.05) is 0 Å². The van der Waals surface area contributed by atoms with Crippen molar-refractivity contribution < 1.29 is 23.5 Å². The Hall–Kier alpha value is -1.39. The molecule has 0 aromatic rings. The van der Waals surface area contributed by atoms with Crippen molar-refractivity contribution in [3.8, 4) is 0 Å². The lowest BCUT2D eigenvalue weighted by molar-refractivity contribution is -0.148. The van der Waals surface area contributed by atoms with Gasteiger partial charge in [0.2, 0.25) is 6.17 Å². The molecule has 0 fully saturated rings. The molecule has 0 aromatic heterocycles. The van der Waals surface area contributed by atoms with Gasteiger partial charge in [0.15, 0.2) is 0 Å². The topological polar surface area (TPSA) is 52.6 Å². The van der Waals surface area contributed by atoms with Crippen LogP contribution in [0.2, 0.25) is 0 Å². The molecule has 0 spiro atoms. The third-order valence-electron chi connectivity index (χ3n) is 1.16. The van der Waals surface area contributed by atoms with E-state index in [1.54, 1.807) is 0 Å². The van der Waals surface area contributed by atoms with Crippen molar-refractivity contribution in [3.63, 3.8) is 0 Å².